The van der Waals surface area contributed by atoms with Crippen molar-refractivity contribution in [3.8, 4) is 28.6 Å². The molecule has 7 nitrogen and oxygen atoms in total. The van der Waals surface area contributed by atoms with Crippen molar-refractivity contribution in [2.24, 2.45) is 0 Å². The van der Waals surface area contributed by atoms with E-state index in [2.05, 4.69) is 5.10 Å². The third kappa shape index (κ3) is 3.66. The van der Waals surface area contributed by atoms with E-state index in [-0.39, 0.29) is 17.1 Å². The molecule has 0 saturated carbocycles. The van der Waals surface area contributed by atoms with Gasteiger partial charge in [0.15, 0.2) is 17.3 Å². The van der Waals surface area contributed by atoms with Gasteiger partial charge in [-0.3, -0.25) is 4.79 Å². The van der Waals surface area contributed by atoms with Gasteiger partial charge >= 0.3 is 5.97 Å². The Bertz CT molecular complexity index is 1150. The molecule has 0 aliphatic carbocycles. The summed E-state index contributed by atoms with van der Waals surface area (Å²) in [5, 5.41) is 4.50. The molecule has 0 bridgehead atoms. The van der Waals surface area contributed by atoms with Crippen LogP contribution in [0.5, 0.6) is 11.5 Å². The fourth-order valence-electron chi connectivity index (χ4n) is 2.83. The highest BCUT2D eigenvalue weighted by Crippen LogP contribution is 2.30. The summed E-state index contributed by atoms with van der Waals surface area (Å²) in [4.78, 5) is 23.9. The Labute approximate surface area is 166 Å². The molecule has 4 aromatic rings. The van der Waals surface area contributed by atoms with E-state index in [1.165, 1.54) is 25.5 Å². The lowest BCUT2D eigenvalue weighted by Gasteiger charge is -2.09. The van der Waals surface area contributed by atoms with Crippen LogP contribution in [0.25, 0.3) is 17.1 Å². The molecule has 29 heavy (non-hydrogen) atoms. The van der Waals surface area contributed by atoms with Gasteiger partial charge in [-0.2, -0.15) is 5.10 Å². The Morgan fingerprint density at radius 1 is 1.07 bits per heavy atom. The van der Waals surface area contributed by atoms with Crippen LogP contribution in [-0.4, -0.2) is 29.1 Å². The van der Waals surface area contributed by atoms with Gasteiger partial charge < -0.3 is 13.9 Å². The average molecular weight is 388 g/mol. The molecule has 0 radical (unpaired) electrons. The fraction of sp³-hybridized carbons (Fsp3) is 0.0455. The zero-order chi connectivity index (χ0) is 20.2. The quantitative estimate of drug-likeness (QED) is 0.280. The summed E-state index contributed by atoms with van der Waals surface area (Å²) in [7, 11) is 1.43. The Hall–Kier alpha value is -4.13. The number of methoxy groups -OCH3 is 1. The van der Waals surface area contributed by atoms with E-state index in [4.69, 9.17) is 13.9 Å². The van der Waals surface area contributed by atoms with Gasteiger partial charge in [-0.05, 0) is 42.5 Å². The first kappa shape index (κ1) is 18.2. The van der Waals surface area contributed by atoms with E-state index in [1.54, 1.807) is 29.1 Å². The van der Waals surface area contributed by atoms with Crippen molar-refractivity contribution in [1.82, 2.24) is 9.78 Å². The van der Waals surface area contributed by atoms with Crippen molar-refractivity contribution in [1.29, 1.82) is 0 Å². The topological polar surface area (TPSA) is 83.6 Å². The predicted molar refractivity (Wildman–Crippen MR) is 105 cm³/mol. The average Bonchev–Trinajstić information content (AvgIpc) is 3.44. The van der Waals surface area contributed by atoms with Crippen molar-refractivity contribution in [2.75, 3.05) is 7.11 Å². The SMILES string of the molecule is COc1cc(C=O)ccc1OC(=O)c1cn(-c2ccccc2)nc1-c1ccco1. The number of carbonyl (C=O) groups excluding carboxylic acids is 2. The van der Waals surface area contributed by atoms with Crippen molar-refractivity contribution >= 4 is 12.3 Å². The first-order valence-corrected chi connectivity index (χ1v) is 8.74. The molecule has 0 fully saturated rings. The molecule has 7 heteroatoms. The summed E-state index contributed by atoms with van der Waals surface area (Å²) in [5.41, 5.74) is 1.78. The number of benzene rings is 2. The first-order chi connectivity index (χ1) is 14.2. The number of rotatable bonds is 6. The molecule has 4 rings (SSSR count). The van der Waals surface area contributed by atoms with Gasteiger partial charge in [-0.15, -0.1) is 0 Å². The third-order valence-corrected chi connectivity index (χ3v) is 4.24. The lowest BCUT2D eigenvalue weighted by atomic mass is 10.2. The summed E-state index contributed by atoms with van der Waals surface area (Å²) in [5.74, 6) is 0.282. The maximum atomic E-state index is 13.0. The molecule has 2 aromatic heterocycles. The van der Waals surface area contributed by atoms with E-state index in [1.807, 2.05) is 30.3 Å². The smallest absolute Gasteiger partial charge is 0.347 e. The van der Waals surface area contributed by atoms with Crippen LogP contribution in [0.3, 0.4) is 0 Å². The number of hydrogen-bond donors (Lipinski definition) is 0. The lowest BCUT2D eigenvalue weighted by Crippen LogP contribution is -2.10. The number of esters is 1. The molecular weight excluding hydrogens is 372 g/mol. The van der Waals surface area contributed by atoms with Gasteiger partial charge in [0.25, 0.3) is 0 Å². The van der Waals surface area contributed by atoms with Gasteiger partial charge in [0.1, 0.15) is 17.5 Å². The van der Waals surface area contributed by atoms with Crippen LogP contribution in [-0.2, 0) is 0 Å². The Morgan fingerprint density at radius 3 is 2.59 bits per heavy atom. The summed E-state index contributed by atoms with van der Waals surface area (Å²) in [6, 6.07) is 17.4. The maximum absolute atomic E-state index is 13.0. The van der Waals surface area contributed by atoms with Crippen LogP contribution in [0.1, 0.15) is 20.7 Å². The summed E-state index contributed by atoms with van der Waals surface area (Å²) < 4.78 is 17.8. The van der Waals surface area contributed by atoms with Gasteiger partial charge in [-0.25, -0.2) is 9.48 Å². The van der Waals surface area contributed by atoms with Crippen LogP contribution < -0.4 is 9.47 Å². The Balaban J connectivity index is 1.73. The second-order valence-electron chi connectivity index (χ2n) is 6.07. The van der Waals surface area contributed by atoms with E-state index in [0.717, 1.165) is 5.69 Å². The number of hydrogen-bond acceptors (Lipinski definition) is 6. The maximum Gasteiger partial charge on any atom is 0.347 e. The highest BCUT2D eigenvalue weighted by atomic mass is 16.6. The van der Waals surface area contributed by atoms with Crippen molar-refractivity contribution in [3.05, 3.63) is 84.3 Å². The molecule has 2 heterocycles. The van der Waals surface area contributed by atoms with Crippen LogP contribution in [0.2, 0.25) is 0 Å². The molecule has 0 saturated heterocycles. The molecule has 0 N–H and O–H groups in total. The monoisotopic (exact) mass is 388 g/mol. The third-order valence-electron chi connectivity index (χ3n) is 4.24. The number of aldehydes is 1. The Kier molecular flexibility index (Phi) is 4.94. The van der Waals surface area contributed by atoms with Gasteiger partial charge in [0, 0.05) is 11.8 Å². The predicted octanol–water partition coefficient (Wildman–Crippen LogP) is 4.17. The van der Waals surface area contributed by atoms with Gasteiger partial charge in [-0.1, -0.05) is 18.2 Å². The minimum atomic E-state index is -0.629. The zero-order valence-corrected chi connectivity index (χ0v) is 15.4. The van der Waals surface area contributed by atoms with Crippen LogP contribution in [0, 0.1) is 0 Å². The second kappa shape index (κ2) is 7.85. The van der Waals surface area contributed by atoms with Crippen molar-refractivity contribution in [2.45, 2.75) is 0 Å². The number of ether oxygens (including phenoxy) is 2. The molecule has 144 valence electrons. The molecule has 0 aliphatic rings. The number of aromatic nitrogens is 2. The van der Waals surface area contributed by atoms with Crippen LogP contribution in [0.4, 0.5) is 0 Å². The number of para-hydroxylation sites is 1. The largest absolute Gasteiger partial charge is 0.493 e. The molecule has 0 amide bonds. The molecule has 0 atom stereocenters. The lowest BCUT2D eigenvalue weighted by molar-refractivity contribution is 0.0730. The van der Waals surface area contributed by atoms with Crippen LogP contribution >= 0.6 is 0 Å². The van der Waals surface area contributed by atoms with E-state index in [0.29, 0.717) is 23.3 Å². The van der Waals surface area contributed by atoms with E-state index in [9.17, 15) is 9.59 Å². The summed E-state index contributed by atoms with van der Waals surface area (Å²) in [6.07, 6.45) is 3.78. The number of carbonyl (C=O) groups is 2. The number of nitrogens with zero attached hydrogens (tertiary/aromatic N) is 2. The normalized spacial score (nSPS) is 10.5. The molecular formula is C22H16N2O5. The van der Waals surface area contributed by atoms with Crippen molar-refractivity contribution < 1.29 is 23.5 Å². The number of furan rings is 1. The van der Waals surface area contributed by atoms with E-state index < -0.39 is 5.97 Å². The van der Waals surface area contributed by atoms with Gasteiger partial charge in [0.2, 0.25) is 0 Å². The Morgan fingerprint density at radius 2 is 1.90 bits per heavy atom. The van der Waals surface area contributed by atoms with Crippen LogP contribution in [0.15, 0.2) is 77.5 Å². The highest BCUT2D eigenvalue weighted by molar-refractivity contribution is 5.97. The van der Waals surface area contributed by atoms with Crippen molar-refractivity contribution in [3.63, 3.8) is 0 Å². The van der Waals surface area contributed by atoms with Gasteiger partial charge in [0.05, 0.1) is 19.1 Å². The summed E-state index contributed by atoms with van der Waals surface area (Å²) in [6.45, 7) is 0. The summed E-state index contributed by atoms with van der Waals surface area (Å²) >= 11 is 0. The first-order valence-electron chi connectivity index (χ1n) is 8.74. The fourth-order valence-corrected chi connectivity index (χ4v) is 2.83. The highest BCUT2D eigenvalue weighted by Gasteiger charge is 2.23. The second-order valence-corrected chi connectivity index (χ2v) is 6.07. The molecule has 0 aliphatic heterocycles. The molecule has 0 unspecified atom stereocenters. The van der Waals surface area contributed by atoms with E-state index >= 15 is 0 Å². The zero-order valence-electron chi connectivity index (χ0n) is 15.4. The minimum absolute atomic E-state index is 0.195. The minimum Gasteiger partial charge on any atom is -0.493 e. The molecule has 0 spiro atoms. The standard InChI is InChI=1S/C22H16N2O5/c1-27-20-12-15(14-25)9-10-18(20)29-22(26)17-13-24(16-6-3-2-4-7-16)23-21(17)19-8-5-11-28-19/h2-14H,1H3. The molecule has 2 aromatic carbocycles.